The molecule has 0 aliphatic rings. The van der Waals surface area contributed by atoms with Gasteiger partial charge in [0.2, 0.25) is 6.29 Å². The maximum Gasteiger partial charge on any atom is 0.477 e. The Bertz CT molecular complexity index is 458. The van der Waals surface area contributed by atoms with Crippen molar-refractivity contribution in [3.8, 4) is 0 Å². The Morgan fingerprint density at radius 2 is 1.38 bits per heavy atom. The summed E-state index contributed by atoms with van der Waals surface area (Å²) < 4.78 is 35.5. The first-order valence-electron chi connectivity index (χ1n) is 11.3. The first kappa shape index (κ1) is 28.3. The molecule has 0 rings (SSSR count). The molecule has 0 fully saturated rings. The molecule has 6 nitrogen and oxygen atoms in total. The molecule has 29 heavy (non-hydrogen) atoms. The van der Waals surface area contributed by atoms with Gasteiger partial charge in [-0.1, -0.05) is 79.7 Å². The van der Waals surface area contributed by atoms with Gasteiger partial charge in [-0.3, -0.25) is 9.05 Å². The molecule has 3 atom stereocenters. The molecule has 0 aromatic rings. The third-order valence-electron chi connectivity index (χ3n) is 5.02. The summed E-state index contributed by atoms with van der Waals surface area (Å²) in [5.41, 5.74) is 0. The zero-order chi connectivity index (χ0) is 22.1. The number of carbonyl (C=O) groups excluding carboxylic acids is 1. The van der Waals surface area contributed by atoms with Crippen molar-refractivity contribution in [3.05, 3.63) is 12.7 Å². The van der Waals surface area contributed by atoms with Crippen LogP contribution >= 0.6 is 7.82 Å². The molecule has 172 valence electrons. The highest BCUT2D eigenvalue weighted by Crippen LogP contribution is 2.52. The fraction of sp³-hybridized carbons (Fsp3) is 0.864. The summed E-state index contributed by atoms with van der Waals surface area (Å²) in [6, 6.07) is 0. The number of ether oxygens (including phenoxy) is 1. The minimum Gasteiger partial charge on any atom is -0.432 e. The van der Waals surface area contributed by atoms with E-state index in [1.54, 1.807) is 6.92 Å². The second kappa shape index (κ2) is 17.0. The molecule has 0 spiro atoms. The monoisotopic (exact) mass is 434 g/mol. The highest BCUT2D eigenvalue weighted by atomic mass is 31.2. The van der Waals surface area contributed by atoms with E-state index >= 15 is 0 Å². The summed E-state index contributed by atoms with van der Waals surface area (Å²) in [5, 5.41) is 0. The Kier molecular flexibility index (Phi) is 16.6. The molecule has 0 saturated heterocycles. The van der Waals surface area contributed by atoms with Crippen molar-refractivity contribution in [1.29, 1.82) is 0 Å². The summed E-state index contributed by atoms with van der Waals surface area (Å²) in [7, 11) is -3.87. The number of esters is 1. The van der Waals surface area contributed by atoms with Crippen molar-refractivity contribution in [2.24, 2.45) is 11.8 Å². The molecule has 0 amide bonds. The number of phosphoric acid groups is 1. The summed E-state index contributed by atoms with van der Waals surface area (Å²) in [4.78, 5) is 11.5. The molecule has 0 bridgehead atoms. The third-order valence-corrected chi connectivity index (χ3v) is 6.44. The minimum atomic E-state index is -3.87. The Morgan fingerprint density at radius 1 is 0.897 bits per heavy atom. The minimum absolute atomic E-state index is 0.286. The standard InChI is InChI=1S/C22H43O6P/c1-7-13-15-19(9-3)17-25-29(24,26-18-20(10-4)16-14-8-2)28-22(12-6)27-21(23)11-5/h11,19-20,22H,5,7-10,12-18H2,1-4,6H3. The van der Waals surface area contributed by atoms with E-state index in [0.717, 1.165) is 57.4 Å². The highest BCUT2D eigenvalue weighted by molar-refractivity contribution is 7.48. The van der Waals surface area contributed by atoms with Gasteiger partial charge in [0, 0.05) is 12.5 Å². The van der Waals surface area contributed by atoms with Gasteiger partial charge in [0.05, 0.1) is 13.2 Å². The van der Waals surface area contributed by atoms with Crippen LogP contribution in [0.1, 0.15) is 92.4 Å². The number of unbranched alkanes of at least 4 members (excludes halogenated alkanes) is 2. The van der Waals surface area contributed by atoms with Gasteiger partial charge in [0.15, 0.2) is 0 Å². The van der Waals surface area contributed by atoms with Gasteiger partial charge >= 0.3 is 13.8 Å². The van der Waals surface area contributed by atoms with Crippen molar-refractivity contribution in [1.82, 2.24) is 0 Å². The highest BCUT2D eigenvalue weighted by Gasteiger charge is 2.33. The second-order valence-corrected chi connectivity index (χ2v) is 9.08. The molecular formula is C22H43O6P. The zero-order valence-corrected chi connectivity index (χ0v) is 20.1. The van der Waals surface area contributed by atoms with Crippen molar-refractivity contribution < 1.29 is 27.7 Å². The summed E-state index contributed by atoms with van der Waals surface area (Å²) >= 11 is 0. The van der Waals surface area contributed by atoms with E-state index in [1.165, 1.54) is 0 Å². The predicted octanol–water partition coefficient (Wildman–Crippen LogP) is 7.04. The van der Waals surface area contributed by atoms with Crippen molar-refractivity contribution in [3.63, 3.8) is 0 Å². The van der Waals surface area contributed by atoms with Crippen molar-refractivity contribution in [2.75, 3.05) is 13.2 Å². The van der Waals surface area contributed by atoms with E-state index in [4.69, 9.17) is 18.3 Å². The van der Waals surface area contributed by atoms with Crippen LogP contribution < -0.4 is 0 Å². The van der Waals surface area contributed by atoms with E-state index in [-0.39, 0.29) is 11.8 Å². The number of rotatable bonds is 19. The van der Waals surface area contributed by atoms with Crippen LogP contribution in [0.25, 0.3) is 0 Å². The number of hydrogen-bond donors (Lipinski definition) is 0. The molecule has 0 aromatic carbocycles. The molecular weight excluding hydrogens is 391 g/mol. The van der Waals surface area contributed by atoms with E-state index in [1.807, 2.05) is 0 Å². The molecule has 0 saturated carbocycles. The molecule has 0 radical (unpaired) electrons. The average molecular weight is 435 g/mol. The smallest absolute Gasteiger partial charge is 0.432 e. The zero-order valence-electron chi connectivity index (χ0n) is 19.2. The van der Waals surface area contributed by atoms with E-state index < -0.39 is 20.1 Å². The number of carbonyl (C=O) groups is 1. The van der Waals surface area contributed by atoms with Crippen molar-refractivity contribution >= 4 is 13.8 Å². The van der Waals surface area contributed by atoms with Gasteiger partial charge in [0.1, 0.15) is 0 Å². The van der Waals surface area contributed by atoms with Gasteiger partial charge in [-0.05, 0) is 24.7 Å². The fourth-order valence-corrected chi connectivity index (χ4v) is 4.25. The second-order valence-electron chi connectivity index (χ2n) is 7.46. The van der Waals surface area contributed by atoms with Crippen LogP contribution in [0.4, 0.5) is 0 Å². The SMILES string of the molecule is C=CC(=O)OC(CC)OP(=O)(OCC(CC)CCCC)OCC(CC)CCCC. The van der Waals surface area contributed by atoms with Crippen LogP contribution in [0.15, 0.2) is 12.7 Å². The lowest BCUT2D eigenvalue weighted by atomic mass is 10.0. The van der Waals surface area contributed by atoms with E-state index in [9.17, 15) is 9.36 Å². The van der Waals surface area contributed by atoms with Gasteiger partial charge in [-0.25, -0.2) is 13.9 Å². The van der Waals surface area contributed by atoms with Gasteiger partial charge in [-0.15, -0.1) is 0 Å². The molecule has 0 aliphatic heterocycles. The lowest BCUT2D eigenvalue weighted by molar-refractivity contribution is -0.160. The fourth-order valence-electron chi connectivity index (χ4n) is 2.79. The Labute approximate surface area is 178 Å². The summed E-state index contributed by atoms with van der Waals surface area (Å²) in [6.07, 6.45) is 8.64. The maximum absolute atomic E-state index is 13.4. The first-order chi connectivity index (χ1) is 13.9. The molecule has 0 N–H and O–H groups in total. The van der Waals surface area contributed by atoms with E-state index in [0.29, 0.717) is 19.6 Å². The van der Waals surface area contributed by atoms with E-state index in [2.05, 4.69) is 34.3 Å². The first-order valence-corrected chi connectivity index (χ1v) is 12.7. The predicted molar refractivity (Wildman–Crippen MR) is 118 cm³/mol. The summed E-state index contributed by atoms with van der Waals surface area (Å²) in [5.74, 6) is -0.0613. The normalized spacial score (nSPS) is 16.6. The topological polar surface area (TPSA) is 71.1 Å². The Hall–Kier alpha value is -0.680. The van der Waals surface area contributed by atoms with Crippen LogP contribution in [0.3, 0.4) is 0 Å². The molecule has 3 unspecified atom stereocenters. The molecule has 0 aliphatic carbocycles. The lowest BCUT2D eigenvalue weighted by Gasteiger charge is -2.26. The van der Waals surface area contributed by atoms with Crippen LogP contribution in [0.2, 0.25) is 0 Å². The van der Waals surface area contributed by atoms with Gasteiger partial charge in [-0.2, -0.15) is 0 Å². The van der Waals surface area contributed by atoms with Crippen LogP contribution in [0.5, 0.6) is 0 Å². The van der Waals surface area contributed by atoms with Crippen LogP contribution in [-0.2, 0) is 27.7 Å². The Balaban J connectivity index is 5.13. The molecule has 0 aromatic heterocycles. The number of hydrogen-bond acceptors (Lipinski definition) is 6. The quantitative estimate of drug-likeness (QED) is 0.0939. The Morgan fingerprint density at radius 3 is 1.72 bits per heavy atom. The molecule has 7 heteroatoms. The largest absolute Gasteiger partial charge is 0.477 e. The van der Waals surface area contributed by atoms with Crippen LogP contribution in [0, 0.1) is 11.8 Å². The van der Waals surface area contributed by atoms with Gasteiger partial charge < -0.3 is 4.74 Å². The van der Waals surface area contributed by atoms with Gasteiger partial charge in [0.25, 0.3) is 0 Å². The molecule has 0 heterocycles. The summed E-state index contributed by atoms with van der Waals surface area (Å²) in [6.45, 7) is 14.2. The third kappa shape index (κ3) is 13.3. The lowest BCUT2D eigenvalue weighted by Crippen LogP contribution is -2.21. The van der Waals surface area contributed by atoms with Crippen molar-refractivity contribution in [2.45, 2.75) is 98.7 Å². The van der Waals surface area contributed by atoms with Crippen LogP contribution in [-0.4, -0.2) is 25.5 Å². The average Bonchev–Trinajstić information content (AvgIpc) is 2.73. The number of phosphoric ester groups is 1. The maximum atomic E-state index is 13.4.